The second-order valence-electron chi connectivity index (χ2n) is 28.0. The largest absolute Gasteiger partial charge is 0.477 e. The number of rotatable bonds is 74. The van der Waals surface area contributed by atoms with Gasteiger partial charge in [-0.2, -0.15) is 0 Å². The van der Waals surface area contributed by atoms with Gasteiger partial charge in [0.15, 0.2) is 6.10 Å². The molecule has 9 nitrogen and oxygen atoms in total. The number of ether oxygens (including phenoxy) is 4. The minimum Gasteiger partial charge on any atom is -0.477 e. The van der Waals surface area contributed by atoms with Crippen molar-refractivity contribution in [1.29, 1.82) is 0 Å². The van der Waals surface area contributed by atoms with Crippen LogP contribution in [0.4, 0.5) is 0 Å². The molecule has 0 spiro atoms. The number of quaternary nitrogens is 1. The Balaban J connectivity index is 3.98. The van der Waals surface area contributed by atoms with Crippen LogP contribution < -0.4 is 0 Å². The lowest BCUT2D eigenvalue weighted by Gasteiger charge is -2.25. The van der Waals surface area contributed by atoms with E-state index in [0.717, 1.165) is 38.5 Å². The molecule has 0 fully saturated rings. The molecule has 0 bridgehead atoms. The Morgan fingerprint density at radius 1 is 0.302 bits per heavy atom. The van der Waals surface area contributed by atoms with Gasteiger partial charge in [0.1, 0.15) is 13.2 Å². The molecule has 0 saturated heterocycles. The van der Waals surface area contributed by atoms with E-state index in [9.17, 15) is 19.5 Å². The fraction of sp³-hybridized carbons (Fsp3) is 0.961. The Hall–Kier alpha value is -1.71. The van der Waals surface area contributed by atoms with Crippen molar-refractivity contribution in [2.45, 2.75) is 431 Å². The fourth-order valence-electron chi connectivity index (χ4n) is 12.2. The van der Waals surface area contributed by atoms with Gasteiger partial charge in [-0.3, -0.25) is 9.59 Å². The van der Waals surface area contributed by atoms with Crippen molar-refractivity contribution in [2.24, 2.45) is 0 Å². The Labute approximate surface area is 536 Å². The van der Waals surface area contributed by atoms with E-state index in [1.807, 2.05) is 21.1 Å². The van der Waals surface area contributed by atoms with E-state index in [0.29, 0.717) is 17.4 Å². The number of esters is 2. The predicted molar refractivity (Wildman–Crippen MR) is 369 cm³/mol. The summed E-state index contributed by atoms with van der Waals surface area (Å²) in [5, 5.41) is 9.76. The fourth-order valence-corrected chi connectivity index (χ4v) is 12.2. The zero-order valence-corrected chi connectivity index (χ0v) is 58.8. The normalized spacial score (nSPS) is 12.5. The number of likely N-dealkylation sites (N-methyl/N-ethyl adjacent to an activating group) is 1. The average molecular weight is 1220 g/mol. The molecule has 0 rings (SSSR count). The quantitative estimate of drug-likeness (QED) is 0.0278. The average Bonchev–Trinajstić information content (AvgIpc) is 3.60. The van der Waals surface area contributed by atoms with Crippen molar-refractivity contribution in [2.75, 3.05) is 47.5 Å². The molecule has 512 valence electrons. The molecule has 0 aliphatic carbocycles. The summed E-state index contributed by atoms with van der Waals surface area (Å²) in [6.07, 6.45) is 81.1. The number of aliphatic carboxylic acids is 1. The van der Waals surface area contributed by atoms with E-state index in [-0.39, 0.29) is 38.2 Å². The molecule has 0 heterocycles. The van der Waals surface area contributed by atoms with E-state index in [1.54, 1.807) is 0 Å². The summed E-state index contributed by atoms with van der Waals surface area (Å²) >= 11 is 0. The molecule has 0 aromatic heterocycles. The minimum atomic E-state index is -1.50. The number of nitrogens with zero attached hydrogens (tertiary/aromatic N) is 1. The highest BCUT2D eigenvalue weighted by atomic mass is 16.7. The molecular weight excluding hydrogens is 1070 g/mol. The molecule has 0 aromatic rings. The third-order valence-electron chi connectivity index (χ3n) is 18.1. The van der Waals surface area contributed by atoms with E-state index < -0.39 is 18.4 Å². The lowest BCUT2D eigenvalue weighted by atomic mass is 10.0. The predicted octanol–water partition coefficient (Wildman–Crippen LogP) is 24.2. The molecule has 2 atom stereocenters. The highest BCUT2D eigenvalue weighted by Crippen LogP contribution is 2.20. The maximum atomic E-state index is 13.0. The zero-order chi connectivity index (χ0) is 62.6. The number of carboxylic acid groups (broad SMARTS) is 1. The SMILES string of the molecule is CCCCCCCCCCCCCCCCCCCCCCCCCCCCCCCCCCC(=O)OC(COC(=O)CCCCCCCCCCCCCCCCCCCCCCCCCCCCCCC)COC(OCC[N+](C)(C)C)C(=O)O. The summed E-state index contributed by atoms with van der Waals surface area (Å²) in [6, 6.07) is 0. The van der Waals surface area contributed by atoms with Gasteiger partial charge in [-0.15, -0.1) is 0 Å². The van der Waals surface area contributed by atoms with Gasteiger partial charge in [-0.05, 0) is 12.8 Å². The Morgan fingerprint density at radius 2 is 0.523 bits per heavy atom. The molecule has 0 amide bonds. The van der Waals surface area contributed by atoms with Crippen molar-refractivity contribution >= 4 is 17.9 Å². The first-order valence-electron chi connectivity index (χ1n) is 38.7. The second-order valence-corrected chi connectivity index (χ2v) is 28.0. The maximum absolute atomic E-state index is 13.0. The van der Waals surface area contributed by atoms with Gasteiger partial charge in [0.25, 0.3) is 6.29 Å². The Bertz CT molecular complexity index is 1370. The first kappa shape index (κ1) is 84.3. The van der Waals surface area contributed by atoms with Crippen LogP contribution in [-0.4, -0.2) is 87.4 Å². The van der Waals surface area contributed by atoms with Crippen molar-refractivity contribution in [3.63, 3.8) is 0 Å². The molecule has 0 aliphatic heterocycles. The van der Waals surface area contributed by atoms with Crippen LogP contribution in [0.25, 0.3) is 0 Å². The van der Waals surface area contributed by atoms with Gasteiger partial charge in [0, 0.05) is 12.8 Å². The molecule has 86 heavy (non-hydrogen) atoms. The van der Waals surface area contributed by atoms with Crippen molar-refractivity contribution in [3.8, 4) is 0 Å². The van der Waals surface area contributed by atoms with Crippen LogP contribution in [0.1, 0.15) is 418 Å². The molecule has 9 heteroatoms. The van der Waals surface area contributed by atoms with Crippen LogP contribution in [0.3, 0.4) is 0 Å². The monoisotopic (exact) mass is 1220 g/mol. The van der Waals surface area contributed by atoms with Gasteiger partial charge in [0.2, 0.25) is 0 Å². The van der Waals surface area contributed by atoms with E-state index in [4.69, 9.17) is 18.9 Å². The summed E-state index contributed by atoms with van der Waals surface area (Å²) in [4.78, 5) is 37.7. The summed E-state index contributed by atoms with van der Waals surface area (Å²) in [5.74, 6) is -1.96. The number of carbonyl (C=O) groups is 3. The number of carbonyl (C=O) groups excluding carboxylic acids is 2. The Kier molecular flexibility index (Phi) is 67.8. The summed E-state index contributed by atoms with van der Waals surface area (Å²) in [7, 11) is 6.00. The van der Waals surface area contributed by atoms with Crippen molar-refractivity contribution in [3.05, 3.63) is 0 Å². The zero-order valence-electron chi connectivity index (χ0n) is 58.8. The van der Waals surface area contributed by atoms with Crippen LogP contribution in [0.2, 0.25) is 0 Å². The summed E-state index contributed by atoms with van der Waals surface area (Å²) in [6.45, 7) is 4.98. The van der Waals surface area contributed by atoms with Gasteiger partial charge in [-0.1, -0.05) is 393 Å². The first-order valence-corrected chi connectivity index (χ1v) is 38.7. The van der Waals surface area contributed by atoms with Crippen LogP contribution in [0.15, 0.2) is 0 Å². The third kappa shape index (κ3) is 69.8. The molecule has 0 aromatic carbocycles. The lowest BCUT2D eigenvalue weighted by molar-refractivity contribution is -0.870. The standard InChI is InChI=1S/C77H151NO8/c1-6-8-10-12-14-16-18-20-22-24-26-28-30-32-34-36-37-38-40-42-44-46-48-50-52-54-56-58-60-62-64-66-68-75(80)86-73(72-85-77(76(81)82)83-70-69-78(3,4)5)71-84-74(79)67-65-63-61-59-57-55-53-51-49-47-45-43-41-39-35-33-31-29-27-25-23-21-19-17-15-13-11-9-7-2/h73,77H,6-72H2,1-5H3/p+1. The van der Waals surface area contributed by atoms with Gasteiger partial charge < -0.3 is 28.5 Å². The number of hydrogen-bond acceptors (Lipinski definition) is 7. The first-order chi connectivity index (χ1) is 42.1. The minimum absolute atomic E-state index is 0.172. The smallest absolute Gasteiger partial charge is 0.361 e. The summed E-state index contributed by atoms with van der Waals surface area (Å²) in [5.41, 5.74) is 0. The number of unbranched alkanes of at least 4 members (excludes halogenated alkanes) is 59. The maximum Gasteiger partial charge on any atom is 0.361 e. The van der Waals surface area contributed by atoms with E-state index >= 15 is 0 Å². The molecule has 1 N–H and O–H groups in total. The van der Waals surface area contributed by atoms with Gasteiger partial charge >= 0.3 is 17.9 Å². The molecule has 2 unspecified atom stereocenters. The van der Waals surface area contributed by atoms with E-state index in [1.165, 1.54) is 353 Å². The highest BCUT2D eigenvalue weighted by molar-refractivity contribution is 5.71. The molecular formula is C77H152NO8+. The third-order valence-corrected chi connectivity index (χ3v) is 18.1. The van der Waals surface area contributed by atoms with Crippen LogP contribution in [0, 0.1) is 0 Å². The second kappa shape index (κ2) is 69.2. The molecule has 0 radical (unpaired) electrons. The van der Waals surface area contributed by atoms with Crippen molar-refractivity contribution < 1.29 is 42.9 Å². The van der Waals surface area contributed by atoms with Crippen LogP contribution in [0.5, 0.6) is 0 Å². The Morgan fingerprint density at radius 3 is 0.744 bits per heavy atom. The lowest BCUT2D eigenvalue weighted by Crippen LogP contribution is -2.40. The van der Waals surface area contributed by atoms with Crippen molar-refractivity contribution in [1.82, 2.24) is 0 Å². The summed E-state index contributed by atoms with van der Waals surface area (Å²) < 4.78 is 23.1. The van der Waals surface area contributed by atoms with E-state index in [2.05, 4.69) is 13.8 Å². The number of hydrogen-bond donors (Lipinski definition) is 1. The van der Waals surface area contributed by atoms with Crippen LogP contribution in [-0.2, 0) is 33.3 Å². The van der Waals surface area contributed by atoms with Gasteiger partial charge in [-0.25, -0.2) is 4.79 Å². The highest BCUT2D eigenvalue weighted by Gasteiger charge is 2.25. The topological polar surface area (TPSA) is 108 Å². The molecule has 0 saturated carbocycles. The molecule has 0 aliphatic rings. The number of carboxylic acids is 1. The van der Waals surface area contributed by atoms with Crippen LogP contribution >= 0.6 is 0 Å². The van der Waals surface area contributed by atoms with Gasteiger partial charge in [0.05, 0.1) is 34.4 Å².